The summed E-state index contributed by atoms with van der Waals surface area (Å²) in [4.78, 5) is 4.65. The van der Waals surface area contributed by atoms with Gasteiger partial charge in [0.25, 0.3) is 0 Å². The van der Waals surface area contributed by atoms with Crippen LogP contribution in [0.25, 0.3) is 22.4 Å². The zero-order valence-electron chi connectivity index (χ0n) is 17.4. The van der Waals surface area contributed by atoms with Gasteiger partial charge >= 0.3 is 161 Å². The van der Waals surface area contributed by atoms with Gasteiger partial charge in [-0.3, -0.25) is 0 Å². The Kier molecular flexibility index (Phi) is 4.01. The monoisotopic (exact) mass is 404 g/mol. The second kappa shape index (κ2) is 6.38. The van der Waals surface area contributed by atoms with Crippen molar-refractivity contribution in [3.8, 4) is 22.4 Å². The molecule has 0 fully saturated rings. The van der Waals surface area contributed by atoms with Gasteiger partial charge in [-0.05, 0) is 0 Å². The van der Waals surface area contributed by atoms with Crippen molar-refractivity contribution >= 4 is 17.7 Å². The molecule has 0 bridgehead atoms. The maximum absolute atomic E-state index is 8.35. The van der Waals surface area contributed by atoms with Gasteiger partial charge in [-0.2, -0.15) is 0 Å². The molecule has 3 aromatic rings. The van der Waals surface area contributed by atoms with Crippen molar-refractivity contribution in [2.75, 3.05) is 0 Å². The van der Waals surface area contributed by atoms with Crippen molar-refractivity contribution in [1.29, 1.82) is 0 Å². The van der Waals surface area contributed by atoms with E-state index in [-0.39, 0.29) is 0 Å². The molecule has 26 heavy (non-hydrogen) atoms. The number of aromatic nitrogens is 1. The Morgan fingerprint density at radius 2 is 1.73 bits per heavy atom. The summed E-state index contributed by atoms with van der Waals surface area (Å²) < 4.78 is 9.92. The minimum atomic E-state index is -1.83. The molecule has 0 spiro atoms. The summed E-state index contributed by atoms with van der Waals surface area (Å²) in [6.07, 6.45) is 2.82. The molecule has 132 valence electrons. The zero-order chi connectivity index (χ0) is 19.4. The van der Waals surface area contributed by atoms with Gasteiger partial charge in [-0.25, -0.2) is 0 Å². The summed E-state index contributed by atoms with van der Waals surface area (Å²) >= 11 is -1.83. The van der Waals surface area contributed by atoms with E-state index in [1.54, 1.807) is 4.40 Å². The van der Waals surface area contributed by atoms with E-state index in [9.17, 15) is 0 Å². The van der Waals surface area contributed by atoms with Crippen LogP contribution >= 0.6 is 0 Å². The number of rotatable bonds is 3. The SMILES string of the molecule is [2H]C(C)(C)c1ccnc(-c2cccc3c2Cc2c[c]([Ge]([CH3])([CH3])[CH3])ccc2-3)c1. The van der Waals surface area contributed by atoms with Crippen molar-refractivity contribution in [2.45, 2.75) is 43.4 Å². The number of hydrogen-bond donors (Lipinski definition) is 0. The molecule has 2 aromatic carbocycles. The Balaban J connectivity index is 1.82. The van der Waals surface area contributed by atoms with Crippen LogP contribution in [0.1, 0.15) is 37.8 Å². The Labute approximate surface area is 161 Å². The molecule has 1 aliphatic carbocycles. The number of pyridine rings is 1. The summed E-state index contributed by atoms with van der Waals surface area (Å²) in [5.41, 5.74) is 8.72. The molecule has 4 rings (SSSR count). The van der Waals surface area contributed by atoms with Crippen LogP contribution in [-0.2, 0) is 6.42 Å². The number of fused-ring (bicyclic) bond motifs is 3. The van der Waals surface area contributed by atoms with E-state index in [0.717, 1.165) is 17.7 Å². The third-order valence-corrected chi connectivity index (χ3v) is 9.70. The van der Waals surface area contributed by atoms with E-state index in [2.05, 4.69) is 64.7 Å². The van der Waals surface area contributed by atoms with Crippen molar-refractivity contribution in [3.63, 3.8) is 0 Å². The third-order valence-electron chi connectivity index (χ3n) is 5.42. The first-order valence-electron chi connectivity index (χ1n) is 9.87. The molecule has 0 atom stereocenters. The topological polar surface area (TPSA) is 12.9 Å². The van der Waals surface area contributed by atoms with Crippen LogP contribution in [-0.4, -0.2) is 18.3 Å². The first-order valence-corrected chi connectivity index (χ1v) is 16.7. The Morgan fingerprint density at radius 1 is 0.962 bits per heavy atom. The van der Waals surface area contributed by atoms with Gasteiger partial charge in [0.1, 0.15) is 0 Å². The van der Waals surface area contributed by atoms with Gasteiger partial charge < -0.3 is 0 Å². The normalized spacial score (nSPS) is 14.0. The summed E-state index contributed by atoms with van der Waals surface area (Å²) in [5.74, 6) is 6.74. The number of nitrogens with zero attached hydrogens (tertiary/aromatic N) is 1. The molecular formula is C24H27GeN. The van der Waals surface area contributed by atoms with E-state index >= 15 is 0 Å². The van der Waals surface area contributed by atoms with Crippen molar-refractivity contribution in [3.05, 3.63) is 71.4 Å². The molecule has 2 heteroatoms. The number of hydrogen-bond acceptors (Lipinski definition) is 1. The molecule has 0 saturated carbocycles. The van der Waals surface area contributed by atoms with Crippen LogP contribution in [0.4, 0.5) is 0 Å². The first-order chi connectivity index (χ1) is 12.6. The van der Waals surface area contributed by atoms with Gasteiger partial charge in [-0.1, -0.05) is 0 Å². The van der Waals surface area contributed by atoms with Gasteiger partial charge in [0.2, 0.25) is 0 Å². The average Bonchev–Trinajstić information content (AvgIpc) is 2.98. The molecule has 0 amide bonds. The van der Waals surface area contributed by atoms with Crippen LogP contribution in [0, 0.1) is 0 Å². The molecular weight excluding hydrogens is 375 g/mol. The Morgan fingerprint density at radius 3 is 2.46 bits per heavy atom. The molecule has 1 heterocycles. The quantitative estimate of drug-likeness (QED) is 0.383. The van der Waals surface area contributed by atoms with Crippen molar-refractivity contribution < 1.29 is 1.37 Å². The van der Waals surface area contributed by atoms with E-state index < -0.39 is 19.2 Å². The average molecular weight is 403 g/mol. The molecule has 0 radical (unpaired) electrons. The fraction of sp³-hybridized carbons (Fsp3) is 0.292. The molecule has 1 aromatic heterocycles. The van der Waals surface area contributed by atoms with Crippen LogP contribution in [0.15, 0.2) is 54.7 Å². The molecule has 0 unspecified atom stereocenters. The van der Waals surface area contributed by atoms with Crippen molar-refractivity contribution in [1.82, 2.24) is 4.98 Å². The van der Waals surface area contributed by atoms with Gasteiger partial charge in [0.15, 0.2) is 0 Å². The fourth-order valence-corrected chi connectivity index (χ4v) is 6.32. The van der Waals surface area contributed by atoms with Gasteiger partial charge in [0.05, 0.1) is 0 Å². The zero-order valence-corrected chi connectivity index (χ0v) is 18.4. The van der Waals surface area contributed by atoms with E-state index in [0.29, 0.717) is 0 Å². The molecule has 1 nitrogen and oxygen atoms in total. The Bertz CT molecular complexity index is 1030. The predicted octanol–water partition coefficient (Wildman–Crippen LogP) is 5.99. The maximum atomic E-state index is 8.35. The third kappa shape index (κ3) is 3.03. The standard InChI is InChI=1S/C24H27GeN/c1-16(2)17-11-12-26-24(15-17)22-8-6-7-21-20-10-9-19(25(3,4)5)13-18(20)14-23(21)22/h6-13,15-16H,14H2,1-5H3/i16D. The summed E-state index contributed by atoms with van der Waals surface area (Å²) in [7, 11) is 0. The molecule has 1 aliphatic rings. The summed E-state index contributed by atoms with van der Waals surface area (Å²) in [6, 6.07) is 17.7. The van der Waals surface area contributed by atoms with Crippen LogP contribution in [0.5, 0.6) is 0 Å². The first kappa shape index (κ1) is 16.3. The Hall–Kier alpha value is -1.87. The van der Waals surface area contributed by atoms with E-state index in [4.69, 9.17) is 1.37 Å². The fourth-order valence-electron chi connectivity index (χ4n) is 3.82. The second-order valence-electron chi connectivity index (χ2n) is 8.56. The van der Waals surface area contributed by atoms with Crippen molar-refractivity contribution in [2.24, 2.45) is 0 Å². The van der Waals surface area contributed by atoms with Gasteiger partial charge in [-0.15, -0.1) is 0 Å². The van der Waals surface area contributed by atoms with Crippen LogP contribution in [0.2, 0.25) is 17.3 Å². The van der Waals surface area contributed by atoms with E-state index in [1.807, 2.05) is 26.1 Å². The second-order valence-corrected chi connectivity index (χ2v) is 19.2. The molecule has 0 aliphatic heterocycles. The van der Waals surface area contributed by atoms with E-state index in [1.165, 1.54) is 27.8 Å². The van der Waals surface area contributed by atoms with Crippen LogP contribution in [0.3, 0.4) is 0 Å². The van der Waals surface area contributed by atoms with Crippen LogP contribution < -0.4 is 4.40 Å². The summed E-state index contributed by atoms with van der Waals surface area (Å²) in [6.45, 7) is 3.85. The number of benzene rings is 2. The van der Waals surface area contributed by atoms with Gasteiger partial charge in [0, 0.05) is 0 Å². The molecule has 0 saturated heterocycles. The molecule has 0 N–H and O–H groups in total. The minimum absolute atomic E-state index is 0.619. The summed E-state index contributed by atoms with van der Waals surface area (Å²) in [5, 5.41) is 0. The predicted molar refractivity (Wildman–Crippen MR) is 115 cm³/mol.